The van der Waals surface area contributed by atoms with Crippen LogP contribution in [0.2, 0.25) is 0 Å². The summed E-state index contributed by atoms with van der Waals surface area (Å²) >= 11 is 0. The van der Waals surface area contributed by atoms with Crippen LogP contribution in [0.3, 0.4) is 0 Å². The van der Waals surface area contributed by atoms with E-state index >= 15 is 0 Å². The van der Waals surface area contributed by atoms with Crippen molar-refractivity contribution in [1.82, 2.24) is 0 Å². The Labute approximate surface area is 147 Å². The van der Waals surface area contributed by atoms with E-state index in [9.17, 15) is 21.6 Å². The fourth-order valence-corrected chi connectivity index (χ4v) is 4.05. The molecule has 1 aliphatic carbocycles. The number of hydrogen-bond donors (Lipinski definition) is 0. The van der Waals surface area contributed by atoms with E-state index in [0.29, 0.717) is 11.1 Å². The van der Waals surface area contributed by atoms with Crippen LogP contribution in [-0.2, 0) is 16.5 Å². The quantitative estimate of drug-likeness (QED) is 0.392. The van der Waals surface area contributed by atoms with Gasteiger partial charge in [0.25, 0.3) is 0 Å². The molecule has 0 radical (unpaired) electrons. The van der Waals surface area contributed by atoms with E-state index in [0.717, 1.165) is 0 Å². The molecule has 3 aromatic rings. The Bertz CT molecular complexity index is 1130. The van der Waals surface area contributed by atoms with Gasteiger partial charge in [-0.15, -0.1) is 0 Å². The summed E-state index contributed by atoms with van der Waals surface area (Å²) in [4.78, 5) is -0.214. The van der Waals surface area contributed by atoms with Gasteiger partial charge in [-0.2, -0.15) is 12.8 Å². The van der Waals surface area contributed by atoms with Crippen LogP contribution in [0.4, 0.5) is 13.2 Å². The highest BCUT2D eigenvalue weighted by molar-refractivity contribution is 7.87. The minimum Gasteiger partial charge on any atom is -0.375 e. The van der Waals surface area contributed by atoms with Crippen molar-refractivity contribution < 1.29 is 25.8 Å². The van der Waals surface area contributed by atoms with Gasteiger partial charge in [0.15, 0.2) is 17.4 Å². The summed E-state index contributed by atoms with van der Waals surface area (Å²) in [5.41, 5.74) is 0.828. The SMILES string of the molecule is O=S(=O)(Oc1c(F)c(F)c(F)c2c1Cc1ccccc1-2)c1ccccc1. The average molecular weight is 376 g/mol. The highest BCUT2D eigenvalue weighted by atomic mass is 32.2. The zero-order valence-electron chi connectivity index (χ0n) is 13.2. The molecular weight excluding hydrogens is 365 g/mol. The van der Waals surface area contributed by atoms with Gasteiger partial charge in [-0.1, -0.05) is 42.5 Å². The Balaban J connectivity index is 1.91. The molecule has 0 aromatic heterocycles. The summed E-state index contributed by atoms with van der Waals surface area (Å²) in [5, 5.41) is 0. The van der Waals surface area contributed by atoms with E-state index in [-0.39, 0.29) is 22.4 Å². The molecule has 1 aliphatic rings. The summed E-state index contributed by atoms with van der Waals surface area (Å²) in [6.07, 6.45) is 0.0409. The van der Waals surface area contributed by atoms with Crippen molar-refractivity contribution in [1.29, 1.82) is 0 Å². The first-order valence-electron chi connectivity index (χ1n) is 7.67. The van der Waals surface area contributed by atoms with Crippen LogP contribution in [0.5, 0.6) is 5.75 Å². The second-order valence-corrected chi connectivity index (χ2v) is 7.36. The molecule has 0 spiro atoms. The molecule has 26 heavy (non-hydrogen) atoms. The lowest BCUT2D eigenvalue weighted by Gasteiger charge is -2.13. The fraction of sp³-hybridized carbons (Fsp3) is 0.0526. The van der Waals surface area contributed by atoms with Crippen molar-refractivity contribution in [2.75, 3.05) is 0 Å². The molecule has 0 aliphatic heterocycles. The van der Waals surface area contributed by atoms with Crippen molar-refractivity contribution in [3.8, 4) is 16.9 Å². The Kier molecular flexibility index (Phi) is 3.77. The smallest absolute Gasteiger partial charge is 0.339 e. The maximum Gasteiger partial charge on any atom is 0.339 e. The summed E-state index contributed by atoms with van der Waals surface area (Å²) in [7, 11) is -4.40. The van der Waals surface area contributed by atoms with Gasteiger partial charge < -0.3 is 4.18 Å². The Morgan fingerprint density at radius 2 is 1.46 bits per heavy atom. The van der Waals surface area contributed by atoms with Crippen molar-refractivity contribution in [3.05, 3.63) is 83.2 Å². The van der Waals surface area contributed by atoms with Gasteiger partial charge in [0, 0.05) is 17.5 Å². The Hall–Kier alpha value is -2.80. The van der Waals surface area contributed by atoms with E-state index in [2.05, 4.69) is 0 Å². The van der Waals surface area contributed by atoms with Gasteiger partial charge in [0.2, 0.25) is 5.82 Å². The zero-order chi connectivity index (χ0) is 18.5. The molecule has 0 saturated carbocycles. The number of hydrogen-bond acceptors (Lipinski definition) is 3. The standard InChI is InChI=1S/C19H11F3O3S/c20-16-15-13-9-5-4-6-11(13)10-14(15)19(18(22)17(16)21)25-26(23,24)12-7-2-1-3-8-12/h1-9H,10H2. The Morgan fingerprint density at radius 1 is 0.808 bits per heavy atom. The molecule has 3 nitrogen and oxygen atoms in total. The van der Waals surface area contributed by atoms with Crippen molar-refractivity contribution in [3.63, 3.8) is 0 Å². The molecule has 0 N–H and O–H groups in total. The van der Waals surface area contributed by atoms with Gasteiger partial charge in [0.1, 0.15) is 4.90 Å². The maximum atomic E-state index is 14.4. The third kappa shape index (κ3) is 2.47. The van der Waals surface area contributed by atoms with E-state index in [1.807, 2.05) is 0 Å². The molecule has 0 heterocycles. The number of fused-ring (bicyclic) bond motifs is 3. The second kappa shape index (κ2) is 5.88. The first kappa shape index (κ1) is 16.7. The van der Waals surface area contributed by atoms with Gasteiger partial charge in [-0.25, -0.2) is 8.78 Å². The predicted molar refractivity (Wildman–Crippen MR) is 88.8 cm³/mol. The highest BCUT2D eigenvalue weighted by Gasteiger charge is 2.34. The van der Waals surface area contributed by atoms with Crippen LogP contribution in [-0.4, -0.2) is 8.42 Å². The molecule has 0 fully saturated rings. The molecule has 0 unspecified atom stereocenters. The van der Waals surface area contributed by atoms with Gasteiger partial charge >= 0.3 is 10.1 Å². The molecule has 132 valence electrons. The van der Waals surface area contributed by atoms with Crippen LogP contribution in [0.25, 0.3) is 11.1 Å². The minimum absolute atomic E-state index is 0.0258. The third-order valence-corrected chi connectivity index (χ3v) is 5.49. The summed E-state index contributed by atoms with van der Waals surface area (Å²) in [6, 6.07) is 13.7. The van der Waals surface area contributed by atoms with E-state index in [1.165, 1.54) is 24.3 Å². The highest BCUT2D eigenvalue weighted by Crippen LogP contribution is 2.45. The first-order valence-corrected chi connectivity index (χ1v) is 9.08. The van der Waals surface area contributed by atoms with Crippen LogP contribution in [0.15, 0.2) is 59.5 Å². The van der Waals surface area contributed by atoms with E-state index < -0.39 is 33.3 Å². The van der Waals surface area contributed by atoms with Crippen LogP contribution < -0.4 is 4.18 Å². The summed E-state index contributed by atoms with van der Waals surface area (Å²) in [5.74, 6) is -5.59. The number of benzene rings is 3. The number of halogens is 3. The zero-order valence-corrected chi connectivity index (χ0v) is 14.0. The molecule has 0 saturated heterocycles. The summed E-state index contributed by atoms with van der Waals surface area (Å²) in [6.45, 7) is 0. The van der Waals surface area contributed by atoms with Gasteiger partial charge in [0.05, 0.1) is 0 Å². The molecule has 7 heteroatoms. The lowest BCUT2D eigenvalue weighted by molar-refractivity contribution is 0.409. The van der Waals surface area contributed by atoms with Gasteiger partial charge in [-0.05, 0) is 23.3 Å². The first-order chi connectivity index (χ1) is 12.4. The monoisotopic (exact) mass is 376 g/mol. The van der Waals surface area contributed by atoms with E-state index in [4.69, 9.17) is 4.18 Å². The molecule has 3 aromatic carbocycles. The van der Waals surface area contributed by atoms with Crippen molar-refractivity contribution >= 4 is 10.1 Å². The molecule has 0 bridgehead atoms. The third-order valence-electron chi connectivity index (χ3n) is 4.26. The van der Waals surface area contributed by atoms with Crippen LogP contribution >= 0.6 is 0 Å². The van der Waals surface area contributed by atoms with Crippen LogP contribution in [0.1, 0.15) is 11.1 Å². The topological polar surface area (TPSA) is 43.4 Å². The Morgan fingerprint density at radius 3 is 2.19 bits per heavy atom. The largest absolute Gasteiger partial charge is 0.375 e. The predicted octanol–water partition coefficient (Wildman–Crippen LogP) is 4.44. The van der Waals surface area contributed by atoms with Crippen molar-refractivity contribution in [2.24, 2.45) is 0 Å². The fourth-order valence-electron chi connectivity index (χ4n) is 3.07. The lowest BCUT2D eigenvalue weighted by Crippen LogP contribution is -2.13. The maximum absolute atomic E-state index is 14.4. The second-order valence-electron chi connectivity index (χ2n) is 5.81. The van der Waals surface area contributed by atoms with E-state index in [1.54, 1.807) is 30.3 Å². The average Bonchev–Trinajstić information content (AvgIpc) is 3.04. The normalized spacial score (nSPS) is 12.6. The summed E-state index contributed by atoms with van der Waals surface area (Å²) < 4.78 is 72.6. The number of rotatable bonds is 3. The lowest BCUT2D eigenvalue weighted by atomic mass is 10.0. The van der Waals surface area contributed by atoms with Crippen molar-refractivity contribution in [2.45, 2.75) is 11.3 Å². The molecular formula is C19H11F3O3S. The minimum atomic E-state index is -4.40. The molecule has 4 rings (SSSR count). The molecule has 0 atom stereocenters. The molecule has 0 amide bonds. The van der Waals surface area contributed by atoms with Crippen LogP contribution in [0, 0.1) is 17.5 Å². The van der Waals surface area contributed by atoms with Gasteiger partial charge in [-0.3, -0.25) is 0 Å².